The molecule has 5 nitrogen and oxygen atoms in total. The number of fused-ring (bicyclic) bond motifs is 1. The molecule has 0 saturated carbocycles. The van der Waals surface area contributed by atoms with E-state index in [1.807, 2.05) is 20.8 Å². The molecule has 0 aromatic heterocycles. The Hall–Kier alpha value is -0.650. The molecule has 0 spiro atoms. The van der Waals surface area contributed by atoms with Gasteiger partial charge in [0.05, 0.1) is 6.10 Å². The third-order valence-corrected chi connectivity index (χ3v) is 2.53. The Kier molecular flexibility index (Phi) is 2.48. The first-order valence-electron chi connectivity index (χ1n) is 5.07. The quantitative estimate of drug-likeness (QED) is 0.607. The van der Waals surface area contributed by atoms with Gasteiger partial charge < -0.3 is 18.9 Å². The van der Waals surface area contributed by atoms with Crippen molar-refractivity contribution in [1.29, 1.82) is 0 Å². The molecule has 0 aromatic rings. The normalized spacial score (nSPS) is 42.7. The highest BCUT2D eigenvalue weighted by molar-refractivity contribution is 5.66. The van der Waals surface area contributed by atoms with E-state index < -0.39 is 12.1 Å². The standard InChI is InChI=1S/C10H16O5/c1-5-7-8(15-10(3,4)14-7)9(12-5)13-6(2)11/h5,7-9H,1-4H3/t5-,7-,8?,9-/m1/s1. The molecule has 0 radical (unpaired) electrons. The van der Waals surface area contributed by atoms with Crippen LogP contribution < -0.4 is 0 Å². The van der Waals surface area contributed by atoms with Gasteiger partial charge in [-0.2, -0.15) is 0 Å². The van der Waals surface area contributed by atoms with Crippen molar-refractivity contribution in [2.45, 2.75) is 58.1 Å². The fourth-order valence-corrected chi connectivity index (χ4v) is 2.02. The molecular formula is C10H16O5. The van der Waals surface area contributed by atoms with Crippen molar-refractivity contribution in [1.82, 2.24) is 0 Å². The first-order valence-corrected chi connectivity index (χ1v) is 5.07. The molecule has 0 amide bonds. The second-order valence-electron chi connectivity index (χ2n) is 4.38. The molecule has 15 heavy (non-hydrogen) atoms. The molecule has 2 aliphatic rings. The summed E-state index contributed by atoms with van der Waals surface area (Å²) in [5.41, 5.74) is 0. The van der Waals surface area contributed by atoms with E-state index >= 15 is 0 Å². The Balaban J connectivity index is 2.09. The average Bonchev–Trinajstić information content (AvgIpc) is 2.49. The van der Waals surface area contributed by atoms with Crippen LogP contribution in [0.1, 0.15) is 27.7 Å². The maximum absolute atomic E-state index is 10.9. The van der Waals surface area contributed by atoms with E-state index in [4.69, 9.17) is 18.9 Å². The lowest BCUT2D eigenvalue weighted by atomic mass is 10.2. The highest BCUT2D eigenvalue weighted by Crippen LogP contribution is 2.38. The van der Waals surface area contributed by atoms with Crippen LogP contribution in [0, 0.1) is 0 Å². The molecule has 4 atom stereocenters. The van der Waals surface area contributed by atoms with Crippen LogP contribution in [0.4, 0.5) is 0 Å². The zero-order chi connectivity index (χ0) is 11.2. The van der Waals surface area contributed by atoms with Crippen molar-refractivity contribution in [3.63, 3.8) is 0 Å². The Bertz CT molecular complexity index is 275. The van der Waals surface area contributed by atoms with Crippen LogP contribution in [0.15, 0.2) is 0 Å². The number of ether oxygens (including phenoxy) is 4. The molecule has 86 valence electrons. The van der Waals surface area contributed by atoms with Crippen LogP contribution >= 0.6 is 0 Å². The van der Waals surface area contributed by atoms with Crippen LogP contribution in [0.25, 0.3) is 0 Å². The van der Waals surface area contributed by atoms with Gasteiger partial charge in [0.1, 0.15) is 6.10 Å². The van der Waals surface area contributed by atoms with Gasteiger partial charge in [-0.3, -0.25) is 4.79 Å². The minimum Gasteiger partial charge on any atom is -0.433 e. The van der Waals surface area contributed by atoms with E-state index in [2.05, 4.69) is 0 Å². The second kappa shape index (κ2) is 3.43. The van der Waals surface area contributed by atoms with Crippen molar-refractivity contribution in [2.75, 3.05) is 0 Å². The van der Waals surface area contributed by atoms with E-state index in [-0.39, 0.29) is 24.3 Å². The van der Waals surface area contributed by atoms with Gasteiger partial charge >= 0.3 is 5.97 Å². The highest BCUT2D eigenvalue weighted by Gasteiger charge is 2.55. The summed E-state index contributed by atoms with van der Waals surface area (Å²) in [4.78, 5) is 10.9. The van der Waals surface area contributed by atoms with Crippen molar-refractivity contribution in [3.05, 3.63) is 0 Å². The van der Waals surface area contributed by atoms with E-state index in [1.54, 1.807) is 0 Å². The van der Waals surface area contributed by atoms with Gasteiger partial charge in [-0.15, -0.1) is 0 Å². The first kappa shape index (κ1) is 10.9. The second-order valence-corrected chi connectivity index (χ2v) is 4.38. The molecular weight excluding hydrogens is 200 g/mol. The molecule has 2 rings (SSSR count). The van der Waals surface area contributed by atoms with Crippen LogP contribution in [0.3, 0.4) is 0 Å². The third-order valence-electron chi connectivity index (χ3n) is 2.53. The summed E-state index contributed by atoms with van der Waals surface area (Å²) in [5, 5.41) is 0. The van der Waals surface area contributed by atoms with Gasteiger partial charge in [-0.05, 0) is 20.8 Å². The fourth-order valence-electron chi connectivity index (χ4n) is 2.02. The first-order chi connectivity index (χ1) is 6.89. The lowest BCUT2D eigenvalue weighted by Gasteiger charge is -2.22. The zero-order valence-electron chi connectivity index (χ0n) is 9.35. The van der Waals surface area contributed by atoms with Gasteiger partial charge in [0.2, 0.25) is 6.29 Å². The van der Waals surface area contributed by atoms with Crippen LogP contribution in [0.2, 0.25) is 0 Å². The molecule has 5 heteroatoms. The number of carbonyl (C=O) groups excluding carboxylic acids is 1. The summed E-state index contributed by atoms with van der Waals surface area (Å²) in [6.07, 6.45) is -1.26. The van der Waals surface area contributed by atoms with Gasteiger partial charge in [0.15, 0.2) is 11.9 Å². The SMILES string of the molecule is CC(=O)O[C@H]1O[C@H](C)[C@H]2OC(C)(C)OC12. The Labute approximate surface area is 88.6 Å². The predicted molar refractivity (Wildman–Crippen MR) is 49.9 cm³/mol. The largest absolute Gasteiger partial charge is 0.433 e. The number of rotatable bonds is 1. The van der Waals surface area contributed by atoms with Gasteiger partial charge in [0.25, 0.3) is 0 Å². The third kappa shape index (κ3) is 2.00. The maximum atomic E-state index is 10.9. The van der Waals surface area contributed by atoms with Gasteiger partial charge in [-0.1, -0.05) is 0 Å². The summed E-state index contributed by atoms with van der Waals surface area (Å²) in [5.74, 6) is -1.01. The Morgan fingerprint density at radius 3 is 2.47 bits per heavy atom. The Morgan fingerprint density at radius 1 is 1.27 bits per heavy atom. The summed E-state index contributed by atoms with van der Waals surface area (Å²) in [7, 11) is 0. The zero-order valence-corrected chi connectivity index (χ0v) is 9.35. The smallest absolute Gasteiger partial charge is 0.305 e. The van der Waals surface area contributed by atoms with Crippen LogP contribution in [-0.2, 0) is 23.7 Å². The number of carbonyl (C=O) groups is 1. The van der Waals surface area contributed by atoms with E-state index in [9.17, 15) is 4.79 Å². The van der Waals surface area contributed by atoms with Crippen LogP contribution in [0.5, 0.6) is 0 Å². The summed E-state index contributed by atoms with van der Waals surface area (Å²) in [6, 6.07) is 0. The van der Waals surface area contributed by atoms with Crippen molar-refractivity contribution < 1.29 is 23.7 Å². The minimum atomic E-state index is -0.649. The predicted octanol–water partition coefficient (Wildman–Crippen LogP) is 0.814. The van der Waals surface area contributed by atoms with Crippen LogP contribution in [-0.4, -0.2) is 36.4 Å². The number of hydrogen-bond acceptors (Lipinski definition) is 5. The summed E-state index contributed by atoms with van der Waals surface area (Å²) in [6.45, 7) is 6.90. The topological polar surface area (TPSA) is 54.0 Å². The lowest BCUT2D eigenvalue weighted by Crippen LogP contribution is -2.32. The van der Waals surface area contributed by atoms with Crippen molar-refractivity contribution >= 4 is 5.97 Å². The molecule has 2 fully saturated rings. The van der Waals surface area contributed by atoms with E-state index in [0.717, 1.165) is 0 Å². The molecule has 2 aliphatic heterocycles. The summed E-state index contributed by atoms with van der Waals surface area (Å²) >= 11 is 0. The molecule has 0 aromatic carbocycles. The van der Waals surface area contributed by atoms with Crippen molar-refractivity contribution in [2.24, 2.45) is 0 Å². The molecule has 0 N–H and O–H groups in total. The molecule has 1 unspecified atom stereocenters. The maximum Gasteiger partial charge on any atom is 0.305 e. The number of hydrogen-bond donors (Lipinski definition) is 0. The van der Waals surface area contributed by atoms with Crippen molar-refractivity contribution in [3.8, 4) is 0 Å². The Morgan fingerprint density at radius 2 is 1.87 bits per heavy atom. The van der Waals surface area contributed by atoms with E-state index in [0.29, 0.717) is 0 Å². The molecule has 2 heterocycles. The monoisotopic (exact) mass is 216 g/mol. The molecule has 0 bridgehead atoms. The minimum absolute atomic E-state index is 0.124. The van der Waals surface area contributed by atoms with E-state index in [1.165, 1.54) is 6.92 Å². The average molecular weight is 216 g/mol. The van der Waals surface area contributed by atoms with Gasteiger partial charge in [0, 0.05) is 6.92 Å². The fraction of sp³-hybridized carbons (Fsp3) is 0.900. The number of esters is 1. The molecule has 0 aliphatic carbocycles. The molecule has 2 saturated heterocycles. The lowest BCUT2D eigenvalue weighted by molar-refractivity contribution is -0.229. The van der Waals surface area contributed by atoms with Gasteiger partial charge in [-0.25, -0.2) is 0 Å². The highest BCUT2D eigenvalue weighted by atomic mass is 16.8. The summed E-state index contributed by atoms with van der Waals surface area (Å²) < 4.78 is 21.8.